The van der Waals surface area contributed by atoms with Crippen molar-refractivity contribution >= 4 is 13.7 Å². The van der Waals surface area contributed by atoms with Gasteiger partial charge in [0.25, 0.3) is 0 Å². The average molecular weight is 1160 g/mol. The normalized spacial score (nSPS) is 13.8. The molecule has 0 radical (unpaired) electrons. The lowest BCUT2D eigenvalue weighted by atomic mass is 10.0. The van der Waals surface area contributed by atoms with E-state index in [2.05, 4.69) is 55.6 Å². The molecule has 0 aromatic heterocycles. The number of carbonyl (C=O) groups excluding carboxylic acids is 1. The van der Waals surface area contributed by atoms with E-state index >= 15 is 0 Å². The highest BCUT2D eigenvalue weighted by molar-refractivity contribution is 7.47. The Bertz CT molecular complexity index is 1410. The van der Waals surface area contributed by atoms with E-state index in [9.17, 15) is 19.4 Å². The zero-order valence-corrected chi connectivity index (χ0v) is 55.9. The predicted molar refractivity (Wildman–Crippen MR) is 355 cm³/mol. The molecule has 480 valence electrons. The SMILES string of the molecule is CCCCCCC/C=C\C/C=C\C/C=C\CCCCCCCCCCCCCCCCCCCCCCCCCCC(=O)NC(COP(=O)(O)OCC[N+](C)(C)C)C(O)CCCCCCCCCCCCCCCCCCCCCC. The summed E-state index contributed by atoms with van der Waals surface area (Å²) < 4.78 is 23.9. The minimum Gasteiger partial charge on any atom is -0.391 e. The third-order valence-corrected chi connectivity index (χ3v) is 17.6. The zero-order valence-electron chi connectivity index (χ0n) is 55.1. The van der Waals surface area contributed by atoms with Crippen molar-refractivity contribution in [3.05, 3.63) is 36.5 Å². The second-order valence-corrected chi connectivity index (χ2v) is 27.4. The lowest BCUT2D eigenvalue weighted by molar-refractivity contribution is -0.870. The first-order valence-corrected chi connectivity index (χ1v) is 37.3. The third kappa shape index (κ3) is 66.1. The number of unbranched alkanes of at least 4 members (excludes halogenated alkanes) is 48. The molecule has 0 aromatic carbocycles. The topological polar surface area (TPSA) is 105 Å². The molecule has 0 aromatic rings. The highest BCUT2D eigenvalue weighted by atomic mass is 31.2. The first-order valence-electron chi connectivity index (χ1n) is 35.9. The van der Waals surface area contributed by atoms with E-state index in [1.165, 1.54) is 289 Å². The number of allylic oxidation sites excluding steroid dienone is 6. The maximum atomic E-state index is 13.1. The van der Waals surface area contributed by atoms with Crippen molar-refractivity contribution in [2.75, 3.05) is 40.9 Å². The van der Waals surface area contributed by atoms with Gasteiger partial charge in [0.05, 0.1) is 39.9 Å². The summed E-state index contributed by atoms with van der Waals surface area (Å²) in [4.78, 5) is 23.4. The van der Waals surface area contributed by atoms with Crippen molar-refractivity contribution in [1.82, 2.24) is 5.32 Å². The molecular weight excluding hydrogens is 1020 g/mol. The molecule has 0 aliphatic rings. The number of aliphatic hydroxyl groups is 1. The van der Waals surface area contributed by atoms with Crippen LogP contribution in [0.4, 0.5) is 0 Å². The van der Waals surface area contributed by atoms with Crippen LogP contribution in [0.1, 0.15) is 367 Å². The largest absolute Gasteiger partial charge is 0.472 e. The van der Waals surface area contributed by atoms with E-state index in [4.69, 9.17) is 9.05 Å². The van der Waals surface area contributed by atoms with Crippen molar-refractivity contribution in [2.24, 2.45) is 0 Å². The highest BCUT2D eigenvalue weighted by Crippen LogP contribution is 2.43. The minimum atomic E-state index is -4.33. The van der Waals surface area contributed by atoms with Gasteiger partial charge in [-0.1, -0.05) is 346 Å². The number of phosphoric ester groups is 1. The number of nitrogens with one attached hydrogen (secondary N) is 1. The van der Waals surface area contributed by atoms with E-state index in [0.717, 1.165) is 51.4 Å². The fourth-order valence-electron chi connectivity index (χ4n) is 11.1. The summed E-state index contributed by atoms with van der Waals surface area (Å²) in [5.41, 5.74) is 0. The van der Waals surface area contributed by atoms with Gasteiger partial charge in [-0.25, -0.2) is 4.57 Å². The van der Waals surface area contributed by atoms with Crippen molar-refractivity contribution in [2.45, 2.75) is 379 Å². The van der Waals surface area contributed by atoms with Crippen LogP contribution in [0.5, 0.6) is 0 Å². The van der Waals surface area contributed by atoms with Gasteiger partial charge in [-0.2, -0.15) is 0 Å². The molecule has 1 amide bonds. The molecule has 0 heterocycles. The second-order valence-electron chi connectivity index (χ2n) is 26.0. The smallest absolute Gasteiger partial charge is 0.391 e. The molecule has 3 atom stereocenters. The predicted octanol–water partition coefficient (Wildman–Crippen LogP) is 22.8. The van der Waals surface area contributed by atoms with Crippen LogP contribution in [0.3, 0.4) is 0 Å². The first kappa shape index (κ1) is 79.7. The zero-order chi connectivity index (χ0) is 59.1. The van der Waals surface area contributed by atoms with Gasteiger partial charge in [0, 0.05) is 6.42 Å². The molecule has 3 unspecified atom stereocenters. The molecule has 81 heavy (non-hydrogen) atoms. The number of hydrogen-bond donors (Lipinski definition) is 3. The molecule has 0 spiro atoms. The molecule has 3 N–H and O–H groups in total. The van der Waals surface area contributed by atoms with E-state index in [0.29, 0.717) is 23.9 Å². The summed E-state index contributed by atoms with van der Waals surface area (Å²) >= 11 is 0. The Morgan fingerprint density at radius 2 is 0.704 bits per heavy atom. The Labute approximate surface area is 506 Å². The number of quaternary nitrogens is 1. The van der Waals surface area contributed by atoms with E-state index in [1.807, 2.05) is 21.1 Å². The quantitative estimate of drug-likeness (QED) is 0.0243. The highest BCUT2D eigenvalue weighted by Gasteiger charge is 2.28. The van der Waals surface area contributed by atoms with E-state index < -0.39 is 20.0 Å². The second kappa shape index (κ2) is 63.2. The van der Waals surface area contributed by atoms with Gasteiger partial charge in [-0.15, -0.1) is 0 Å². The summed E-state index contributed by atoms with van der Waals surface area (Å²) in [6.07, 6.45) is 84.0. The number of likely N-dealkylation sites (N-methyl/N-ethyl adjacent to an activating group) is 1. The summed E-state index contributed by atoms with van der Waals surface area (Å²) in [7, 11) is 1.63. The van der Waals surface area contributed by atoms with Crippen LogP contribution in [-0.2, 0) is 18.4 Å². The molecule has 0 aliphatic carbocycles. The van der Waals surface area contributed by atoms with Crippen LogP contribution in [0.15, 0.2) is 36.5 Å². The molecule has 0 rings (SSSR count). The van der Waals surface area contributed by atoms with Gasteiger partial charge in [-0.3, -0.25) is 13.8 Å². The number of carbonyl (C=O) groups is 1. The van der Waals surface area contributed by atoms with Gasteiger partial charge in [0.1, 0.15) is 13.2 Å². The molecule has 0 saturated heterocycles. The number of nitrogens with zero attached hydrogens (tertiary/aromatic N) is 1. The summed E-state index contributed by atoms with van der Waals surface area (Å²) in [5, 5.41) is 14.1. The number of phosphoric acid groups is 1. The fourth-order valence-corrected chi connectivity index (χ4v) is 11.8. The Balaban J connectivity index is 3.90. The van der Waals surface area contributed by atoms with Crippen molar-refractivity contribution < 1.29 is 32.9 Å². The fraction of sp³-hybridized carbons (Fsp3) is 0.903. The van der Waals surface area contributed by atoms with E-state index in [-0.39, 0.29) is 19.1 Å². The van der Waals surface area contributed by atoms with Gasteiger partial charge >= 0.3 is 7.82 Å². The lowest BCUT2D eigenvalue weighted by Gasteiger charge is -2.26. The minimum absolute atomic E-state index is 0.0774. The summed E-state index contributed by atoms with van der Waals surface area (Å²) in [6.45, 7) is 4.93. The van der Waals surface area contributed by atoms with Crippen molar-refractivity contribution in [3.8, 4) is 0 Å². The van der Waals surface area contributed by atoms with Crippen molar-refractivity contribution in [1.29, 1.82) is 0 Å². The molecule has 0 bridgehead atoms. The maximum Gasteiger partial charge on any atom is 0.472 e. The standard InChI is InChI=1S/C72H141N2O6P/c1-6-8-10-12-14-16-18-20-22-24-26-28-29-30-31-32-33-34-35-36-37-38-39-40-41-42-43-44-45-46-48-50-52-54-56-58-60-62-64-66-72(76)73-70(69-80-81(77,78)79-68-67-74(3,4)5)71(75)65-63-61-59-57-55-53-51-49-47-27-25-23-21-19-17-15-13-11-9-7-2/h18,20,24,26,29-30,70-71,75H,6-17,19,21-23,25,27-28,31-69H2,1-5H3,(H-,73,76,77,78)/p+1/b20-18-,26-24-,30-29-. The number of aliphatic hydroxyl groups excluding tert-OH is 1. The number of rotatable bonds is 67. The van der Waals surface area contributed by atoms with Crippen molar-refractivity contribution in [3.63, 3.8) is 0 Å². The van der Waals surface area contributed by atoms with Gasteiger partial charge in [-0.05, 0) is 51.4 Å². The van der Waals surface area contributed by atoms with Gasteiger partial charge in [0.2, 0.25) is 5.91 Å². The average Bonchev–Trinajstić information content (AvgIpc) is 3.43. The van der Waals surface area contributed by atoms with Crippen LogP contribution >= 0.6 is 7.82 Å². The van der Waals surface area contributed by atoms with Crippen LogP contribution in [0.25, 0.3) is 0 Å². The molecule has 0 saturated carbocycles. The Hall–Kier alpha value is -1.28. The molecule has 0 fully saturated rings. The molecular formula is C72H142N2O6P+. The lowest BCUT2D eigenvalue weighted by Crippen LogP contribution is -2.46. The van der Waals surface area contributed by atoms with Crippen LogP contribution in [-0.4, -0.2) is 73.4 Å². The van der Waals surface area contributed by atoms with Gasteiger partial charge in [0.15, 0.2) is 0 Å². The first-order chi connectivity index (χ1) is 39.5. The van der Waals surface area contributed by atoms with E-state index in [1.54, 1.807) is 0 Å². The van der Waals surface area contributed by atoms with Gasteiger partial charge < -0.3 is 19.8 Å². The maximum absolute atomic E-state index is 13.1. The molecule has 9 heteroatoms. The summed E-state index contributed by atoms with van der Waals surface area (Å²) in [5.74, 6) is -0.136. The molecule has 8 nitrogen and oxygen atoms in total. The Kier molecular flexibility index (Phi) is 62.2. The summed E-state index contributed by atoms with van der Waals surface area (Å²) in [6, 6.07) is -0.759. The Morgan fingerprint density at radius 1 is 0.420 bits per heavy atom. The number of amides is 1. The Morgan fingerprint density at radius 3 is 1.02 bits per heavy atom. The van der Waals surface area contributed by atoms with Crippen LogP contribution in [0, 0.1) is 0 Å². The van der Waals surface area contributed by atoms with Crippen LogP contribution in [0.2, 0.25) is 0 Å². The van der Waals surface area contributed by atoms with Crippen LogP contribution < -0.4 is 5.32 Å². The monoisotopic (exact) mass is 1160 g/mol. The number of hydrogen-bond acceptors (Lipinski definition) is 5. The third-order valence-electron chi connectivity index (χ3n) is 16.6. The molecule has 0 aliphatic heterocycles.